The van der Waals surface area contributed by atoms with Gasteiger partial charge in [0.2, 0.25) is 5.91 Å². The van der Waals surface area contributed by atoms with E-state index in [0.717, 1.165) is 6.42 Å². The number of alkyl halides is 2. The zero-order valence-electron chi connectivity index (χ0n) is 11.2. The van der Waals surface area contributed by atoms with E-state index in [-0.39, 0.29) is 22.6 Å². The maximum Gasteiger partial charge on any atom is 0.387 e. The minimum Gasteiger partial charge on any atom is -0.433 e. The number of hydrogen-bond acceptors (Lipinski definition) is 3. The SMILES string of the molecule is CC[C@H](C)[C@H](N)C(=O)Nc1ccc(OC(F)F)c(Cl)c1. The van der Waals surface area contributed by atoms with E-state index in [1.807, 2.05) is 13.8 Å². The first-order valence-electron chi connectivity index (χ1n) is 6.16. The summed E-state index contributed by atoms with van der Waals surface area (Å²) in [6.07, 6.45) is 0.774. The molecule has 0 fully saturated rings. The highest BCUT2D eigenvalue weighted by Gasteiger charge is 2.19. The van der Waals surface area contributed by atoms with Crippen molar-refractivity contribution in [3.05, 3.63) is 23.2 Å². The molecule has 0 aliphatic rings. The minimum atomic E-state index is -2.95. The molecule has 0 radical (unpaired) electrons. The van der Waals surface area contributed by atoms with Crippen molar-refractivity contribution in [2.45, 2.75) is 32.9 Å². The first-order chi connectivity index (χ1) is 9.35. The highest BCUT2D eigenvalue weighted by Crippen LogP contribution is 2.29. The van der Waals surface area contributed by atoms with Crippen LogP contribution in [0.15, 0.2) is 18.2 Å². The number of carbonyl (C=O) groups excluding carboxylic acids is 1. The second kappa shape index (κ2) is 7.40. The Bertz CT molecular complexity index is 472. The Morgan fingerprint density at radius 1 is 1.50 bits per heavy atom. The second-order valence-corrected chi connectivity index (χ2v) is 4.83. The number of carbonyl (C=O) groups is 1. The van der Waals surface area contributed by atoms with Gasteiger partial charge in [0.05, 0.1) is 11.1 Å². The summed E-state index contributed by atoms with van der Waals surface area (Å²) in [6, 6.07) is 3.38. The lowest BCUT2D eigenvalue weighted by atomic mass is 9.99. The molecule has 0 unspecified atom stereocenters. The van der Waals surface area contributed by atoms with Crippen molar-refractivity contribution in [2.24, 2.45) is 11.7 Å². The molecule has 0 aromatic heterocycles. The first kappa shape index (κ1) is 16.7. The highest BCUT2D eigenvalue weighted by molar-refractivity contribution is 6.32. The Kier molecular flexibility index (Phi) is 6.16. The van der Waals surface area contributed by atoms with Gasteiger partial charge in [0, 0.05) is 5.69 Å². The molecule has 0 aliphatic heterocycles. The van der Waals surface area contributed by atoms with Gasteiger partial charge in [-0.25, -0.2) is 0 Å². The smallest absolute Gasteiger partial charge is 0.387 e. The van der Waals surface area contributed by atoms with Gasteiger partial charge in [0.1, 0.15) is 5.75 Å². The van der Waals surface area contributed by atoms with Crippen LogP contribution in [-0.4, -0.2) is 18.6 Å². The van der Waals surface area contributed by atoms with E-state index in [9.17, 15) is 13.6 Å². The van der Waals surface area contributed by atoms with E-state index in [0.29, 0.717) is 5.69 Å². The van der Waals surface area contributed by atoms with Crippen LogP contribution in [0.3, 0.4) is 0 Å². The first-order valence-corrected chi connectivity index (χ1v) is 6.53. The third-order valence-electron chi connectivity index (χ3n) is 2.98. The van der Waals surface area contributed by atoms with Gasteiger partial charge in [-0.1, -0.05) is 31.9 Å². The molecule has 0 bridgehead atoms. The van der Waals surface area contributed by atoms with Crippen molar-refractivity contribution in [2.75, 3.05) is 5.32 Å². The average molecular weight is 307 g/mol. The molecule has 0 saturated heterocycles. The summed E-state index contributed by atoms with van der Waals surface area (Å²) >= 11 is 5.79. The number of benzene rings is 1. The number of amides is 1. The van der Waals surface area contributed by atoms with Crippen LogP contribution >= 0.6 is 11.6 Å². The molecule has 3 N–H and O–H groups in total. The Morgan fingerprint density at radius 3 is 2.65 bits per heavy atom. The molecule has 7 heteroatoms. The molecule has 1 aromatic rings. The number of halogens is 3. The van der Waals surface area contributed by atoms with E-state index in [4.69, 9.17) is 17.3 Å². The number of rotatable bonds is 6. The molecule has 1 amide bonds. The van der Waals surface area contributed by atoms with Crippen LogP contribution < -0.4 is 15.8 Å². The van der Waals surface area contributed by atoms with Gasteiger partial charge >= 0.3 is 6.61 Å². The van der Waals surface area contributed by atoms with Crippen molar-refractivity contribution in [1.29, 1.82) is 0 Å². The molecule has 0 saturated carbocycles. The van der Waals surface area contributed by atoms with Crippen molar-refractivity contribution >= 4 is 23.2 Å². The van der Waals surface area contributed by atoms with Gasteiger partial charge in [0.25, 0.3) is 0 Å². The Balaban J connectivity index is 2.74. The molecule has 2 atom stereocenters. The fraction of sp³-hybridized carbons (Fsp3) is 0.462. The lowest BCUT2D eigenvalue weighted by Gasteiger charge is -2.18. The standard InChI is InChI=1S/C13H17ClF2N2O2/c1-3-7(2)11(17)12(19)18-8-4-5-10(9(14)6-8)20-13(15)16/h4-7,11,13H,3,17H2,1-2H3,(H,18,19)/t7-,11-/m0/s1. The van der Waals surface area contributed by atoms with Crippen molar-refractivity contribution in [3.63, 3.8) is 0 Å². The molecule has 0 heterocycles. The molecule has 4 nitrogen and oxygen atoms in total. The number of nitrogens with two attached hydrogens (primary N) is 1. The van der Waals surface area contributed by atoms with Gasteiger partial charge in [-0.2, -0.15) is 8.78 Å². The molecule has 0 aliphatic carbocycles. The lowest BCUT2D eigenvalue weighted by molar-refractivity contribution is -0.118. The van der Waals surface area contributed by atoms with Crippen molar-refractivity contribution in [1.82, 2.24) is 0 Å². The summed E-state index contributed by atoms with van der Waals surface area (Å²) in [5.74, 6) is -0.462. The maximum absolute atomic E-state index is 12.1. The Hall–Kier alpha value is -1.40. The van der Waals surface area contributed by atoms with Crippen LogP contribution in [-0.2, 0) is 4.79 Å². The average Bonchev–Trinajstić information content (AvgIpc) is 2.39. The highest BCUT2D eigenvalue weighted by atomic mass is 35.5. The molecule has 112 valence electrons. The summed E-state index contributed by atoms with van der Waals surface area (Å²) in [5.41, 5.74) is 6.16. The van der Waals surface area contributed by atoms with Gasteiger partial charge in [-0.3, -0.25) is 4.79 Å². The third kappa shape index (κ3) is 4.61. The summed E-state index contributed by atoms with van der Waals surface area (Å²) in [5, 5.41) is 2.57. The molecule has 1 aromatic carbocycles. The van der Waals surface area contributed by atoms with Crippen molar-refractivity contribution in [3.8, 4) is 5.75 Å². The van der Waals surface area contributed by atoms with Crippen LogP contribution in [0.5, 0.6) is 5.75 Å². The fourth-order valence-electron chi connectivity index (χ4n) is 1.51. The van der Waals surface area contributed by atoms with E-state index in [1.165, 1.54) is 18.2 Å². The molecule has 20 heavy (non-hydrogen) atoms. The van der Waals surface area contributed by atoms with Crippen LogP contribution in [0.2, 0.25) is 5.02 Å². The number of nitrogens with one attached hydrogen (secondary N) is 1. The topological polar surface area (TPSA) is 64.4 Å². The van der Waals surface area contributed by atoms with E-state index in [2.05, 4.69) is 10.1 Å². The molecular formula is C13H17ClF2N2O2. The zero-order valence-corrected chi connectivity index (χ0v) is 12.0. The summed E-state index contributed by atoms with van der Waals surface area (Å²) in [7, 11) is 0. The van der Waals surface area contributed by atoms with Gasteiger partial charge in [0.15, 0.2) is 0 Å². The van der Waals surface area contributed by atoms with E-state index in [1.54, 1.807) is 0 Å². The predicted molar refractivity (Wildman–Crippen MR) is 74.1 cm³/mol. The van der Waals surface area contributed by atoms with Crippen molar-refractivity contribution < 1.29 is 18.3 Å². The summed E-state index contributed by atoms with van der Waals surface area (Å²) < 4.78 is 28.4. The summed E-state index contributed by atoms with van der Waals surface area (Å²) in [4.78, 5) is 11.9. The maximum atomic E-state index is 12.1. The summed E-state index contributed by atoms with van der Waals surface area (Å²) in [6.45, 7) is 0.855. The predicted octanol–water partition coefficient (Wildman–Crippen LogP) is 3.25. The molecular weight excluding hydrogens is 290 g/mol. The molecule has 1 rings (SSSR count). The number of ether oxygens (including phenoxy) is 1. The van der Waals surface area contributed by atoms with Crippen LogP contribution in [0.25, 0.3) is 0 Å². The Labute approximate surface area is 121 Å². The number of anilines is 1. The fourth-order valence-corrected chi connectivity index (χ4v) is 1.73. The zero-order chi connectivity index (χ0) is 15.3. The number of hydrogen-bond donors (Lipinski definition) is 2. The van der Waals surface area contributed by atoms with Crippen LogP contribution in [0.1, 0.15) is 20.3 Å². The molecule has 0 spiro atoms. The van der Waals surface area contributed by atoms with Gasteiger partial charge < -0.3 is 15.8 Å². The van der Waals surface area contributed by atoms with E-state index < -0.39 is 12.7 Å². The quantitative estimate of drug-likeness (QED) is 0.848. The normalized spacial score (nSPS) is 13.9. The van der Waals surface area contributed by atoms with Crippen LogP contribution in [0.4, 0.5) is 14.5 Å². The van der Waals surface area contributed by atoms with Crippen LogP contribution in [0, 0.1) is 5.92 Å². The van der Waals surface area contributed by atoms with E-state index >= 15 is 0 Å². The minimum absolute atomic E-state index is 0.0137. The third-order valence-corrected chi connectivity index (χ3v) is 3.27. The van der Waals surface area contributed by atoms with Gasteiger partial charge in [-0.15, -0.1) is 0 Å². The monoisotopic (exact) mass is 306 g/mol. The second-order valence-electron chi connectivity index (χ2n) is 4.42. The Morgan fingerprint density at radius 2 is 2.15 bits per heavy atom. The lowest BCUT2D eigenvalue weighted by Crippen LogP contribution is -2.40. The largest absolute Gasteiger partial charge is 0.433 e. The van der Waals surface area contributed by atoms with Gasteiger partial charge in [-0.05, 0) is 24.1 Å².